The number of nitrogens with zero attached hydrogens (tertiary/aromatic N) is 2. The molecule has 0 aliphatic carbocycles. The molecule has 0 fully saturated rings. The summed E-state index contributed by atoms with van der Waals surface area (Å²) in [5, 5.41) is 7.82. The van der Waals surface area contributed by atoms with E-state index in [4.69, 9.17) is 10.6 Å². The van der Waals surface area contributed by atoms with Crippen LogP contribution in [0.25, 0.3) is 0 Å². The van der Waals surface area contributed by atoms with E-state index in [-0.39, 0.29) is 0 Å². The lowest BCUT2D eigenvalue weighted by molar-refractivity contribution is 0.131. The summed E-state index contributed by atoms with van der Waals surface area (Å²) >= 11 is 0. The Balaban J connectivity index is 2.01. The number of rotatable bonds is 7. The minimum atomic E-state index is -0.731. The van der Waals surface area contributed by atoms with Crippen molar-refractivity contribution >= 4 is 18.0 Å². The number of urea groups is 1. The van der Waals surface area contributed by atoms with E-state index < -0.39 is 6.03 Å². The number of carbonyl (C=O) groups excluding carboxylic acids is 1. The monoisotopic (exact) mass is 310 g/mol. The molecule has 0 aromatic heterocycles. The molecule has 6 heteroatoms. The van der Waals surface area contributed by atoms with Gasteiger partial charge in [0.05, 0.1) is 6.21 Å². The number of carbonyl (C=O) groups is 1. The molecule has 2 amide bonds. The average Bonchev–Trinajstić information content (AvgIpc) is 2.56. The lowest BCUT2D eigenvalue weighted by atomic mass is 10.1. The number of amides is 2. The molecular formula is C17H18N4O2. The SMILES string of the molecule is NC(=O)N/N=C\C(Cc1ccccc1)=N/OCc1ccccc1. The molecule has 3 N–H and O–H groups in total. The number of nitrogens with two attached hydrogens (primary N) is 1. The molecule has 23 heavy (non-hydrogen) atoms. The summed E-state index contributed by atoms with van der Waals surface area (Å²) in [6.07, 6.45) is 1.95. The molecule has 2 aromatic rings. The first-order chi connectivity index (χ1) is 11.2. The van der Waals surface area contributed by atoms with E-state index in [1.54, 1.807) is 0 Å². The number of hydrogen-bond acceptors (Lipinski definition) is 4. The number of primary amides is 1. The first-order valence-corrected chi connectivity index (χ1v) is 7.09. The van der Waals surface area contributed by atoms with Crippen LogP contribution in [0, 0.1) is 0 Å². The highest BCUT2D eigenvalue weighted by molar-refractivity contribution is 6.31. The molecule has 0 aliphatic rings. The van der Waals surface area contributed by atoms with Gasteiger partial charge in [0.25, 0.3) is 0 Å². The predicted molar refractivity (Wildman–Crippen MR) is 90.0 cm³/mol. The van der Waals surface area contributed by atoms with E-state index in [0.717, 1.165) is 11.1 Å². The molecule has 0 heterocycles. The van der Waals surface area contributed by atoms with E-state index in [0.29, 0.717) is 18.7 Å². The second-order valence-electron chi connectivity index (χ2n) is 4.74. The van der Waals surface area contributed by atoms with Gasteiger partial charge in [0.15, 0.2) is 0 Å². The highest BCUT2D eigenvalue weighted by atomic mass is 16.6. The first kappa shape index (κ1) is 16.2. The van der Waals surface area contributed by atoms with Crippen LogP contribution in [-0.2, 0) is 17.9 Å². The van der Waals surface area contributed by atoms with Gasteiger partial charge in [0.2, 0.25) is 0 Å². The average molecular weight is 310 g/mol. The first-order valence-electron chi connectivity index (χ1n) is 7.09. The maximum atomic E-state index is 10.7. The van der Waals surface area contributed by atoms with Gasteiger partial charge in [0.1, 0.15) is 12.3 Å². The fourth-order valence-corrected chi connectivity index (χ4v) is 1.84. The van der Waals surface area contributed by atoms with Crippen LogP contribution in [0.2, 0.25) is 0 Å². The summed E-state index contributed by atoms with van der Waals surface area (Å²) in [6, 6.07) is 18.8. The second kappa shape index (κ2) is 8.99. The fraction of sp³-hybridized carbons (Fsp3) is 0.118. The van der Waals surface area contributed by atoms with Gasteiger partial charge in [-0.05, 0) is 11.1 Å². The standard InChI is InChI=1S/C17H18N4O2/c18-17(22)20-19-12-16(11-14-7-3-1-4-8-14)21-23-13-15-9-5-2-6-10-15/h1-10,12H,11,13H2,(H3,18,20,22)/b19-12-,21-16-. The molecular weight excluding hydrogens is 292 g/mol. The van der Waals surface area contributed by atoms with Crippen LogP contribution in [0.4, 0.5) is 4.79 Å². The normalized spacial score (nSPS) is 11.4. The Morgan fingerprint density at radius 1 is 1.04 bits per heavy atom. The summed E-state index contributed by atoms with van der Waals surface area (Å²) in [7, 11) is 0. The number of oxime groups is 1. The predicted octanol–water partition coefficient (Wildman–Crippen LogP) is 2.46. The van der Waals surface area contributed by atoms with Gasteiger partial charge in [-0.2, -0.15) is 5.10 Å². The number of hydrogen-bond donors (Lipinski definition) is 2. The lowest BCUT2D eigenvalue weighted by Gasteiger charge is -2.03. The Hall–Kier alpha value is -3.15. The van der Waals surface area contributed by atoms with Crippen molar-refractivity contribution in [2.24, 2.45) is 16.0 Å². The summed E-state index contributed by atoms with van der Waals surface area (Å²) in [4.78, 5) is 16.0. The quantitative estimate of drug-likeness (QED) is 0.607. The molecule has 118 valence electrons. The van der Waals surface area contributed by atoms with Crippen LogP contribution in [-0.4, -0.2) is 18.0 Å². The van der Waals surface area contributed by atoms with Crippen molar-refractivity contribution in [3.63, 3.8) is 0 Å². The van der Waals surface area contributed by atoms with Crippen molar-refractivity contribution in [2.75, 3.05) is 0 Å². The molecule has 0 radical (unpaired) electrons. The Labute approximate surface area is 134 Å². The molecule has 0 saturated carbocycles. The summed E-state index contributed by atoms with van der Waals surface area (Å²) in [5.74, 6) is 0. The van der Waals surface area contributed by atoms with Crippen LogP contribution in [0.3, 0.4) is 0 Å². The minimum absolute atomic E-state index is 0.357. The third-order valence-corrected chi connectivity index (χ3v) is 2.87. The van der Waals surface area contributed by atoms with Gasteiger partial charge >= 0.3 is 6.03 Å². The van der Waals surface area contributed by atoms with Gasteiger partial charge in [0, 0.05) is 6.42 Å². The third-order valence-electron chi connectivity index (χ3n) is 2.87. The highest BCUT2D eigenvalue weighted by Crippen LogP contribution is 2.03. The molecule has 2 aromatic carbocycles. The molecule has 0 bridgehead atoms. The van der Waals surface area contributed by atoms with Crippen molar-refractivity contribution in [3.8, 4) is 0 Å². The maximum Gasteiger partial charge on any atom is 0.332 e. The van der Waals surface area contributed by atoms with Gasteiger partial charge < -0.3 is 10.6 Å². The Morgan fingerprint density at radius 3 is 2.26 bits per heavy atom. The van der Waals surface area contributed by atoms with E-state index in [1.165, 1.54) is 6.21 Å². The smallest absolute Gasteiger partial charge is 0.332 e. The van der Waals surface area contributed by atoms with Crippen molar-refractivity contribution in [1.29, 1.82) is 0 Å². The molecule has 0 aliphatic heterocycles. The van der Waals surface area contributed by atoms with Crippen LogP contribution in [0.1, 0.15) is 11.1 Å². The maximum absolute atomic E-state index is 10.7. The van der Waals surface area contributed by atoms with Crippen LogP contribution >= 0.6 is 0 Å². The number of benzene rings is 2. The van der Waals surface area contributed by atoms with Crippen molar-refractivity contribution in [1.82, 2.24) is 5.43 Å². The molecule has 2 rings (SSSR count). The number of hydrazone groups is 1. The molecule has 0 unspecified atom stereocenters. The second-order valence-corrected chi connectivity index (χ2v) is 4.74. The fourth-order valence-electron chi connectivity index (χ4n) is 1.84. The van der Waals surface area contributed by atoms with Crippen LogP contribution in [0.5, 0.6) is 0 Å². The molecule has 0 saturated heterocycles. The summed E-state index contributed by atoms with van der Waals surface area (Å²) in [5.41, 5.74) is 9.76. The van der Waals surface area contributed by atoms with E-state index >= 15 is 0 Å². The van der Waals surface area contributed by atoms with E-state index in [2.05, 4.69) is 15.7 Å². The van der Waals surface area contributed by atoms with Crippen molar-refractivity contribution in [3.05, 3.63) is 71.8 Å². The molecule has 0 spiro atoms. The van der Waals surface area contributed by atoms with Crippen molar-refractivity contribution in [2.45, 2.75) is 13.0 Å². The Bertz CT molecular complexity index is 670. The van der Waals surface area contributed by atoms with E-state index in [1.807, 2.05) is 60.7 Å². The van der Waals surface area contributed by atoms with Crippen LogP contribution in [0.15, 0.2) is 70.9 Å². The van der Waals surface area contributed by atoms with Gasteiger partial charge in [-0.15, -0.1) is 0 Å². The van der Waals surface area contributed by atoms with Gasteiger partial charge in [-0.1, -0.05) is 65.8 Å². The van der Waals surface area contributed by atoms with Crippen LogP contribution < -0.4 is 11.2 Å². The van der Waals surface area contributed by atoms with Crippen molar-refractivity contribution < 1.29 is 9.63 Å². The van der Waals surface area contributed by atoms with Gasteiger partial charge in [-0.25, -0.2) is 10.2 Å². The summed E-state index contributed by atoms with van der Waals surface area (Å²) in [6.45, 7) is 0.357. The van der Waals surface area contributed by atoms with Gasteiger partial charge in [-0.3, -0.25) is 0 Å². The highest BCUT2D eigenvalue weighted by Gasteiger charge is 2.01. The zero-order valence-electron chi connectivity index (χ0n) is 12.6. The lowest BCUT2D eigenvalue weighted by Crippen LogP contribution is -2.25. The minimum Gasteiger partial charge on any atom is -0.391 e. The zero-order chi connectivity index (χ0) is 16.3. The topological polar surface area (TPSA) is 89.1 Å². The largest absolute Gasteiger partial charge is 0.391 e. The Morgan fingerprint density at radius 2 is 1.65 bits per heavy atom. The van der Waals surface area contributed by atoms with E-state index in [9.17, 15) is 4.79 Å². The molecule has 0 atom stereocenters. The molecule has 6 nitrogen and oxygen atoms in total. The number of nitrogens with one attached hydrogen (secondary N) is 1. The summed E-state index contributed by atoms with van der Waals surface area (Å²) < 4.78 is 0. The zero-order valence-corrected chi connectivity index (χ0v) is 12.6. The Kier molecular flexibility index (Phi) is 6.34. The third kappa shape index (κ3) is 6.43.